The summed E-state index contributed by atoms with van der Waals surface area (Å²) in [5.74, 6) is 0.417. The molecule has 1 unspecified atom stereocenters. The van der Waals surface area contributed by atoms with Crippen molar-refractivity contribution in [3.63, 3.8) is 0 Å². The summed E-state index contributed by atoms with van der Waals surface area (Å²) in [5.41, 5.74) is 1.59. The quantitative estimate of drug-likeness (QED) is 0.386. The second kappa shape index (κ2) is 12.4. The number of nitrogens with one attached hydrogen (secondary N) is 4. The molecule has 0 radical (unpaired) electrons. The first kappa shape index (κ1) is 25.4. The molecule has 0 aromatic carbocycles. The predicted molar refractivity (Wildman–Crippen MR) is 133 cm³/mol. The zero-order valence-corrected chi connectivity index (χ0v) is 20.7. The Morgan fingerprint density at radius 2 is 1.94 bits per heavy atom. The van der Waals surface area contributed by atoms with Crippen molar-refractivity contribution in [2.45, 2.75) is 70.1 Å². The van der Waals surface area contributed by atoms with Gasteiger partial charge in [-0.1, -0.05) is 6.92 Å². The monoisotopic (exact) mass is 476 g/mol. The number of methoxy groups -OCH3 is 1. The van der Waals surface area contributed by atoms with Crippen LogP contribution in [0.1, 0.15) is 57.4 Å². The highest BCUT2D eigenvalue weighted by atomic mass is 19.1. The van der Waals surface area contributed by atoms with Gasteiger partial charge in [-0.05, 0) is 50.0 Å². The van der Waals surface area contributed by atoms with Crippen LogP contribution >= 0.6 is 0 Å². The van der Waals surface area contributed by atoms with E-state index in [-0.39, 0.29) is 17.4 Å². The third-order valence-electron chi connectivity index (χ3n) is 7.46. The number of nitrogens with zero attached hydrogens (tertiary/aromatic N) is 2. The topological polar surface area (TPSA) is 91.8 Å². The van der Waals surface area contributed by atoms with Gasteiger partial charge < -0.3 is 25.4 Å². The fraction of sp³-hybridized carbons (Fsp3) is 0.760. The number of hydrogen-bond donors (Lipinski definition) is 4. The van der Waals surface area contributed by atoms with Crippen molar-refractivity contribution in [2.75, 3.05) is 52.0 Å². The summed E-state index contributed by atoms with van der Waals surface area (Å²) in [4.78, 5) is 8.90. The molecule has 3 heterocycles. The summed E-state index contributed by atoms with van der Waals surface area (Å²) >= 11 is 0. The van der Waals surface area contributed by atoms with Crippen LogP contribution < -0.4 is 21.3 Å². The minimum atomic E-state index is -0.313. The number of halogens is 1. The van der Waals surface area contributed by atoms with Gasteiger partial charge in [0.25, 0.3) is 0 Å². The normalized spacial score (nSPS) is 27.3. The lowest BCUT2D eigenvalue weighted by atomic mass is 9.82. The Balaban J connectivity index is 1.30. The van der Waals surface area contributed by atoms with E-state index in [2.05, 4.69) is 38.2 Å². The first-order valence-corrected chi connectivity index (χ1v) is 12.8. The summed E-state index contributed by atoms with van der Waals surface area (Å²) in [5, 5.41) is 14.1. The number of pyridine rings is 1. The highest BCUT2D eigenvalue weighted by Gasteiger charge is 2.29. The lowest BCUT2D eigenvalue weighted by Crippen LogP contribution is -2.50. The van der Waals surface area contributed by atoms with Crippen molar-refractivity contribution >= 4 is 11.5 Å². The van der Waals surface area contributed by atoms with Crippen LogP contribution in [0.5, 0.6) is 0 Å². The van der Waals surface area contributed by atoms with Gasteiger partial charge in [-0.2, -0.15) is 0 Å². The average molecular weight is 477 g/mol. The molecule has 1 saturated heterocycles. The van der Waals surface area contributed by atoms with Crippen molar-refractivity contribution in [3.05, 3.63) is 23.6 Å². The maximum absolute atomic E-state index is 14.8. The van der Waals surface area contributed by atoms with E-state index in [1.165, 1.54) is 6.20 Å². The smallest absolute Gasteiger partial charge is 0.150 e. The van der Waals surface area contributed by atoms with Crippen LogP contribution in [0, 0.1) is 11.2 Å². The van der Waals surface area contributed by atoms with Gasteiger partial charge in [0.15, 0.2) is 5.82 Å². The van der Waals surface area contributed by atoms with Gasteiger partial charge >= 0.3 is 0 Å². The molecular weight excluding hydrogens is 435 g/mol. The minimum absolute atomic E-state index is 0.0806. The van der Waals surface area contributed by atoms with Crippen LogP contribution in [0.3, 0.4) is 0 Å². The second-order valence-corrected chi connectivity index (χ2v) is 10.2. The Kier molecular flexibility index (Phi) is 9.24. The summed E-state index contributed by atoms with van der Waals surface area (Å²) in [6.45, 7) is 6.99. The van der Waals surface area contributed by atoms with E-state index < -0.39 is 0 Å². The third-order valence-corrected chi connectivity index (χ3v) is 7.46. The van der Waals surface area contributed by atoms with Crippen LogP contribution in [-0.2, 0) is 9.47 Å². The number of anilines is 1. The number of aliphatic imine (C=N–C) groups is 1. The van der Waals surface area contributed by atoms with Crippen LogP contribution in [0.4, 0.5) is 10.2 Å². The highest BCUT2D eigenvalue weighted by molar-refractivity contribution is 6.02. The van der Waals surface area contributed by atoms with Crippen molar-refractivity contribution in [2.24, 2.45) is 10.4 Å². The largest absolute Gasteiger partial charge is 0.383 e. The molecule has 0 spiro atoms. The van der Waals surface area contributed by atoms with Crippen molar-refractivity contribution < 1.29 is 13.9 Å². The number of rotatable bonds is 10. The van der Waals surface area contributed by atoms with E-state index in [9.17, 15) is 4.39 Å². The van der Waals surface area contributed by atoms with E-state index in [4.69, 9.17) is 9.47 Å². The molecule has 9 heteroatoms. The first-order valence-electron chi connectivity index (χ1n) is 12.8. The van der Waals surface area contributed by atoms with Crippen LogP contribution in [0.2, 0.25) is 0 Å². The van der Waals surface area contributed by atoms with Gasteiger partial charge in [0.2, 0.25) is 0 Å². The standard InChI is InChI=1S/C25H41FN6O2/c1-25(7-10-34-11-8-25)16-29-23-14-22(30-17-31-23)20-13-24(28-15-21(20)26)32-19-5-3-18(4-6-19)27-9-12-33-2/h13,15,18-19,23,27,29,31H,3-12,14,16-17H2,1-2H3,(H,28,32). The Morgan fingerprint density at radius 1 is 1.18 bits per heavy atom. The molecule has 4 N–H and O–H groups in total. The Hall–Kier alpha value is -1.65. The van der Waals surface area contributed by atoms with Gasteiger partial charge in [0.05, 0.1) is 25.6 Å². The zero-order chi connectivity index (χ0) is 23.8. The molecule has 1 aromatic heterocycles. The Bertz CT molecular complexity index is 809. The molecular formula is C25H41FN6O2. The summed E-state index contributed by atoms with van der Waals surface area (Å²) in [7, 11) is 1.73. The predicted octanol–water partition coefficient (Wildman–Crippen LogP) is 2.65. The molecule has 1 atom stereocenters. The molecule has 1 aromatic rings. The molecule has 0 bridgehead atoms. The van der Waals surface area contributed by atoms with Crippen molar-refractivity contribution in [1.82, 2.24) is 20.9 Å². The molecule has 4 rings (SSSR count). The zero-order valence-electron chi connectivity index (χ0n) is 20.7. The molecule has 1 aliphatic carbocycles. The van der Waals surface area contributed by atoms with Gasteiger partial charge in [-0.3, -0.25) is 10.3 Å². The van der Waals surface area contributed by atoms with Crippen LogP contribution in [-0.4, -0.2) is 75.6 Å². The summed E-state index contributed by atoms with van der Waals surface area (Å²) in [6.07, 6.45) is 8.55. The van der Waals surface area contributed by atoms with E-state index in [1.807, 2.05) is 6.07 Å². The molecule has 34 heavy (non-hydrogen) atoms. The van der Waals surface area contributed by atoms with Gasteiger partial charge in [-0.15, -0.1) is 0 Å². The van der Waals surface area contributed by atoms with Crippen molar-refractivity contribution in [1.29, 1.82) is 0 Å². The Morgan fingerprint density at radius 3 is 2.71 bits per heavy atom. The molecule has 2 fully saturated rings. The number of hydrogen-bond acceptors (Lipinski definition) is 8. The van der Waals surface area contributed by atoms with E-state index in [0.717, 1.165) is 83.0 Å². The molecule has 8 nitrogen and oxygen atoms in total. The second-order valence-electron chi connectivity index (χ2n) is 10.2. The van der Waals surface area contributed by atoms with Crippen LogP contribution in [0.25, 0.3) is 0 Å². The number of aromatic nitrogens is 1. The average Bonchev–Trinajstić information content (AvgIpc) is 2.86. The number of ether oxygens (including phenoxy) is 2. The lowest BCUT2D eigenvalue weighted by molar-refractivity contribution is 0.0224. The fourth-order valence-electron chi connectivity index (χ4n) is 5.09. The molecule has 2 aliphatic heterocycles. The van der Waals surface area contributed by atoms with Gasteiger partial charge in [0, 0.05) is 63.2 Å². The van der Waals surface area contributed by atoms with E-state index in [1.54, 1.807) is 7.11 Å². The first-order chi connectivity index (χ1) is 16.5. The SMILES string of the molecule is COCCNC1CCC(Nc2cc(C3=NCNC(NCC4(C)CCOCC4)C3)c(F)cn2)CC1. The third kappa shape index (κ3) is 7.18. The maximum Gasteiger partial charge on any atom is 0.150 e. The van der Waals surface area contributed by atoms with Crippen molar-refractivity contribution in [3.8, 4) is 0 Å². The van der Waals surface area contributed by atoms with Gasteiger partial charge in [0.1, 0.15) is 5.82 Å². The van der Waals surface area contributed by atoms with E-state index in [0.29, 0.717) is 30.7 Å². The molecule has 0 amide bonds. The molecule has 1 saturated carbocycles. The maximum atomic E-state index is 14.8. The highest BCUT2D eigenvalue weighted by Crippen LogP contribution is 2.29. The van der Waals surface area contributed by atoms with Gasteiger partial charge in [-0.25, -0.2) is 9.37 Å². The fourth-order valence-corrected chi connectivity index (χ4v) is 5.09. The van der Waals surface area contributed by atoms with Crippen LogP contribution in [0.15, 0.2) is 17.3 Å². The molecule has 3 aliphatic rings. The van der Waals surface area contributed by atoms with E-state index >= 15 is 0 Å². The molecule has 190 valence electrons. The lowest BCUT2D eigenvalue weighted by Gasteiger charge is -2.36. The minimum Gasteiger partial charge on any atom is -0.383 e. The summed E-state index contributed by atoms with van der Waals surface area (Å²) in [6, 6.07) is 2.73. The summed E-state index contributed by atoms with van der Waals surface area (Å²) < 4.78 is 25.4. The Labute approximate surface area is 202 Å².